The number of halogens is 1. The molecule has 0 aromatic carbocycles. The molecule has 1 unspecified atom stereocenters. The number of carbonyl (C=O) groups is 1. The molecule has 1 aliphatic rings. The minimum atomic E-state index is -0.698. The Bertz CT molecular complexity index is 869. The number of nitrogens with zero attached hydrogens (tertiary/aromatic N) is 1. The lowest BCUT2D eigenvalue weighted by Gasteiger charge is -2.32. The van der Waals surface area contributed by atoms with E-state index >= 15 is 0 Å². The zero-order valence-corrected chi connectivity index (χ0v) is 23.1. The Morgan fingerprint density at radius 2 is 1.62 bits per heavy atom. The highest BCUT2D eigenvalue weighted by atomic mass is 35.5. The van der Waals surface area contributed by atoms with E-state index in [0.717, 1.165) is 38.8 Å². The molecule has 2 aromatic rings. The number of carboxylic acids is 1. The van der Waals surface area contributed by atoms with Gasteiger partial charge < -0.3 is 14.6 Å². The number of ether oxygens (including phenoxy) is 2. The normalized spacial score (nSPS) is 16.6. The zero-order chi connectivity index (χ0) is 23.8. The van der Waals surface area contributed by atoms with Gasteiger partial charge in [0, 0.05) is 21.9 Å². The standard InChI is InChI=1S/C26H37NO4S2.ClH/c1-18(2)30-16-20-10-14-32-24(20)22(25-21(11-15-33-25)17-31-19(3)4)8-7-13-27-12-6-5-9-23(27)26(28)29;/h8,10-11,14-15,18-19,23H,5-7,9,12-13,16-17H2,1-4H3,(H,28,29);1H. The first-order chi connectivity index (χ1) is 15.9. The highest BCUT2D eigenvalue weighted by Crippen LogP contribution is 2.37. The summed E-state index contributed by atoms with van der Waals surface area (Å²) in [5.41, 5.74) is 3.62. The smallest absolute Gasteiger partial charge is 0.320 e. The summed E-state index contributed by atoms with van der Waals surface area (Å²) in [6.45, 7) is 11.0. The predicted molar refractivity (Wildman–Crippen MR) is 144 cm³/mol. The van der Waals surface area contributed by atoms with Crippen LogP contribution in [0.1, 0.15) is 74.3 Å². The van der Waals surface area contributed by atoms with Gasteiger partial charge >= 0.3 is 5.97 Å². The topological polar surface area (TPSA) is 59.0 Å². The summed E-state index contributed by atoms with van der Waals surface area (Å²) in [6.07, 6.45) is 6.27. The lowest BCUT2D eigenvalue weighted by atomic mass is 10.0. The van der Waals surface area contributed by atoms with Crippen LogP contribution in [0.15, 0.2) is 29.0 Å². The van der Waals surface area contributed by atoms with Crippen LogP contribution in [0.25, 0.3) is 5.57 Å². The third-order valence-electron chi connectivity index (χ3n) is 5.79. The van der Waals surface area contributed by atoms with E-state index in [1.165, 1.54) is 26.5 Å². The molecule has 1 fully saturated rings. The zero-order valence-electron chi connectivity index (χ0n) is 20.6. The molecule has 190 valence electrons. The van der Waals surface area contributed by atoms with E-state index in [1.807, 2.05) is 0 Å². The summed E-state index contributed by atoms with van der Waals surface area (Å²) in [7, 11) is 0. The number of piperidine rings is 1. The molecule has 8 heteroatoms. The van der Waals surface area contributed by atoms with E-state index in [4.69, 9.17) is 9.47 Å². The first kappa shape index (κ1) is 29.0. The van der Waals surface area contributed by atoms with Gasteiger partial charge in [0.25, 0.3) is 0 Å². The van der Waals surface area contributed by atoms with Crippen molar-refractivity contribution in [3.63, 3.8) is 0 Å². The minimum absolute atomic E-state index is 0. The first-order valence-corrected chi connectivity index (χ1v) is 13.7. The molecule has 0 amide bonds. The Labute approximate surface area is 218 Å². The lowest BCUT2D eigenvalue weighted by molar-refractivity contribution is -0.144. The molecule has 1 N–H and O–H groups in total. The van der Waals surface area contributed by atoms with E-state index in [1.54, 1.807) is 22.7 Å². The van der Waals surface area contributed by atoms with E-state index in [2.05, 4.69) is 61.6 Å². The summed E-state index contributed by atoms with van der Waals surface area (Å²) in [5.74, 6) is -0.698. The molecule has 0 aliphatic carbocycles. The second-order valence-electron chi connectivity index (χ2n) is 9.06. The van der Waals surface area contributed by atoms with Gasteiger partial charge in [-0.05, 0) is 87.5 Å². The Morgan fingerprint density at radius 3 is 2.12 bits per heavy atom. The average Bonchev–Trinajstić information content (AvgIpc) is 3.43. The molecule has 5 nitrogen and oxygen atoms in total. The van der Waals surface area contributed by atoms with E-state index in [9.17, 15) is 9.90 Å². The van der Waals surface area contributed by atoms with Gasteiger partial charge in [-0.1, -0.05) is 12.5 Å². The van der Waals surface area contributed by atoms with Crippen LogP contribution in [0.3, 0.4) is 0 Å². The van der Waals surface area contributed by atoms with Crippen LogP contribution < -0.4 is 0 Å². The van der Waals surface area contributed by atoms with Gasteiger partial charge in [-0.3, -0.25) is 9.69 Å². The molecule has 0 saturated carbocycles. The maximum Gasteiger partial charge on any atom is 0.320 e. The van der Waals surface area contributed by atoms with Gasteiger partial charge in [-0.15, -0.1) is 35.1 Å². The third kappa shape index (κ3) is 8.18. The van der Waals surface area contributed by atoms with Crippen LogP contribution in [-0.2, 0) is 27.5 Å². The Balaban J connectivity index is 0.00000408. The van der Waals surface area contributed by atoms with Crippen molar-refractivity contribution in [2.45, 2.75) is 84.8 Å². The minimum Gasteiger partial charge on any atom is -0.480 e. The van der Waals surface area contributed by atoms with Crippen LogP contribution >= 0.6 is 35.1 Å². The first-order valence-electron chi connectivity index (χ1n) is 11.9. The highest BCUT2D eigenvalue weighted by molar-refractivity contribution is 7.14. The summed E-state index contributed by atoms with van der Waals surface area (Å²) in [5, 5.41) is 13.9. The van der Waals surface area contributed by atoms with Crippen LogP contribution in [0, 0.1) is 0 Å². The van der Waals surface area contributed by atoms with Gasteiger partial charge in [-0.2, -0.15) is 0 Å². The molecule has 2 aromatic heterocycles. The second-order valence-corrected chi connectivity index (χ2v) is 10.9. The van der Waals surface area contributed by atoms with Crippen molar-refractivity contribution < 1.29 is 19.4 Å². The van der Waals surface area contributed by atoms with Crippen molar-refractivity contribution in [2.75, 3.05) is 13.1 Å². The molecular weight excluding hydrogens is 490 g/mol. The van der Waals surface area contributed by atoms with Crippen LogP contribution in [0.5, 0.6) is 0 Å². The van der Waals surface area contributed by atoms with Gasteiger partial charge in [0.2, 0.25) is 0 Å². The number of aliphatic carboxylic acids is 1. The Morgan fingerprint density at radius 1 is 1.06 bits per heavy atom. The largest absolute Gasteiger partial charge is 0.480 e. The number of hydrogen-bond acceptors (Lipinski definition) is 6. The Hall–Kier alpha value is -1.22. The Kier molecular flexibility index (Phi) is 12.3. The summed E-state index contributed by atoms with van der Waals surface area (Å²) >= 11 is 3.48. The summed E-state index contributed by atoms with van der Waals surface area (Å²) < 4.78 is 11.9. The third-order valence-corrected chi connectivity index (χ3v) is 7.77. The summed E-state index contributed by atoms with van der Waals surface area (Å²) in [6, 6.07) is 3.95. The number of hydrogen-bond donors (Lipinski definition) is 1. The molecule has 3 rings (SSSR count). The summed E-state index contributed by atoms with van der Waals surface area (Å²) in [4.78, 5) is 16.3. The fraction of sp³-hybridized carbons (Fsp3) is 0.577. The van der Waals surface area contributed by atoms with Crippen LogP contribution in [-0.4, -0.2) is 47.3 Å². The van der Waals surface area contributed by atoms with E-state index in [0.29, 0.717) is 13.2 Å². The van der Waals surface area contributed by atoms with Gasteiger partial charge in [0.1, 0.15) is 6.04 Å². The van der Waals surface area contributed by atoms with Crippen molar-refractivity contribution in [2.24, 2.45) is 0 Å². The fourth-order valence-corrected chi connectivity index (χ4v) is 6.07. The molecule has 1 aliphatic heterocycles. The monoisotopic (exact) mass is 527 g/mol. The quantitative estimate of drug-likeness (QED) is 0.327. The van der Waals surface area contributed by atoms with Crippen LogP contribution in [0.4, 0.5) is 0 Å². The van der Waals surface area contributed by atoms with Crippen LogP contribution in [0.2, 0.25) is 0 Å². The molecule has 0 bridgehead atoms. The maximum absolute atomic E-state index is 11.7. The molecule has 0 spiro atoms. The molecular formula is C26H38ClNO4S2. The molecule has 0 radical (unpaired) electrons. The number of rotatable bonds is 12. The van der Waals surface area contributed by atoms with Gasteiger partial charge in [0.05, 0.1) is 25.4 Å². The number of carboxylic acid groups (broad SMARTS) is 1. The van der Waals surface area contributed by atoms with Gasteiger partial charge in [-0.25, -0.2) is 0 Å². The average molecular weight is 528 g/mol. The molecule has 1 saturated heterocycles. The van der Waals surface area contributed by atoms with E-state index < -0.39 is 5.97 Å². The van der Waals surface area contributed by atoms with E-state index in [-0.39, 0.29) is 30.7 Å². The van der Waals surface area contributed by atoms with Crippen molar-refractivity contribution in [1.82, 2.24) is 4.90 Å². The highest BCUT2D eigenvalue weighted by Gasteiger charge is 2.27. The maximum atomic E-state index is 11.7. The number of thiophene rings is 2. The second kappa shape index (κ2) is 14.4. The number of likely N-dealkylation sites (tertiary alicyclic amines) is 1. The SMILES string of the molecule is CC(C)OCc1ccsc1C(=CCCN1CCCCC1C(=O)O)c1sccc1COC(C)C.Cl. The fourth-order valence-electron chi connectivity index (χ4n) is 4.09. The molecule has 1 atom stereocenters. The predicted octanol–water partition coefficient (Wildman–Crippen LogP) is 6.84. The van der Waals surface area contributed by atoms with Gasteiger partial charge in [0.15, 0.2) is 0 Å². The van der Waals surface area contributed by atoms with Crippen molar-refractivity contribution in [3.05, 3.63) is 49.9 Å². The van der Waals surface area contributed by atoms with Crippen molar-refractivity contribution in [3.8, 4) is 0 Å². The van der Waals surface area contributed by atoms with Crippen molar-refractivity contribution in [1.29, 1.82) is 0 Å². The van der Waals surface area contributed by atoms with Crippen molar-refractivity contribution >= 4 is 46.6 Å². The lowest BCUT2D eigenvalue weighted by Crippen LogP contribution is -2.44. The molecule has 34 heavy (non-hydrogen) atoms. The molecule has 3 heterocycles.